The molecule has 1 unspecified atom stereocenters. The van der Waals surface area contributed by atoms with Crippen molar-refractivity contribution in [3.63, 3.8) is 0 Å². The van der Waals surface area contributed by atoms with Crippen molar-refractivity contribution in [2.45, 2.75) is 26.8 Å². The first-order valence-corrected chi connectivity index (χ1v) is 5.03. The summed E-state index contributed by atoms with van der Waals surface area (Å²) in [5, 5.41) is 11.5. The van der Waals surface area contributed by atoms with Crippen LogP contribution >= 0.6 is 0 Å². The molecular formula is C12H17NO2. The molecule has 1 aromatic carbocycles. The Morgan fingerprint density at radius 2 is 2.07 bits per heavy atom. The summed E-state index contributed by atoms with van der Waals surface area (Å²) in [7, 11) is 0. The fourth-order valence-electron chi connectivity index (χ4n) is 1.24. The predicted octanol–water partition coefficient (Wildman–Crippen LogP) is 1.41. The maximum atomic E-state index is 11.7. The minimum Gasteiger partial charge on any atom is -0.394 e. The Kier molecular flexibility index (Phi) is 3.86. The van der Waals surface area contributed by atoms with E-state index in [1.54, 1.807) is 13.0 Å². The molecule has 3 nitrogen and oxygen atoms in total. The van der Waals surface area contributed by atoms with E-state index in [0.717, 1.165) is 5.56 Å². The van der Waals surface area contributed by atoms with Crippen LogP contribution in [0, 0.1) is 13.8 Å². The van der Waals surface area contributed by atoms with Gasteiger partial charge in [-0.05, 0) is 44.0 Å². The van der Waals surface area contributed by atoms with Gasteiger partial charge >= 0.3 is 0 Å². The molecular weight excluding hydrogens is 190 g/mol. The van der Waals surface area contributed by atoms with E-state index in [1.807, 2.05) is 26.0 Å². The highest BCUT2D eigenvalue weighted by Gasteiger charge is 2.09. The van der Waals surface area contributed by atoms with Crippen LogP contribution in [0.3, 0.4) is 0 Å². The number of nitrogens with one attached hydrogen (secondary N) is 1. The normalized spacial score (nSPS) is 12.3. The van der Waals surface area contributed by atoms with Crippen LogP contribution in [-0.2, 0) is 0 Å². The third kappa shape index (κ3) is 3.06. The monoisotopic (exact) mass is 207 g/mol. The predicted molar refractivity (Wildman–Crippen MR) is 59.9 cm³/mol. The Bertz CT molecular complexity index is 361. The number of carbonyl (C=O) groups excluding carboxylic acids is 1. The second kappa shape index (κ2) is 4.94. The topological polar surface area (TPSA) is 49.3 Å². The Hall–Kier alpha value is -1.35. The number of benzene rings is 1. The molecule has 2 N–H and O–H groups in total. The van der Waals surface area contributed by atoms with Crippen LogP contribution in [0.4, 0.5) is 0 Å². The fraction of sp³-hybridized carbons (Fsp3) is 0.417. The number of aryl methyl sites for hydroxylation is 2. The first-order chi connectivity index (χ1) is 7.04. The highest BCUT2D eigenvalue weighted by molar-refractivity contribution is 5.94. The molecule has 82 valence electrons. The van der Waals surface area contributed by atoms with Gasteiger partial charge in [0.2, 0.25) is 0 Å². The molecule has 1 amide bonds. The summed E-state index contributed by atoms with van der Waals surface area (Å²) in [6.45, 7) is 5.70. The van der Waals surface area contributed by atoms with Crippen LogP contribution < -0.4 is 5.32 Å². The number of hydrogen-bond acceptors (Lipinski definition) is 2. The summed E-state index contributed by atoms with van der Waals surface area (Å²) in [6.07, 6.45) is 0. The van der Waals surface area contributed by atoms with Crippen LogP contribution in [0.25, 0.3) is 0 Å². The van der Waals surface area contributed by atoms with Gasteiger partial charge in [0.1, 0.15) is 0 Å². The average molecular weight is 207 g/mol. The molecule has 1 atom stereocenters. The second-order valence-corrected chi connectivity index (χ2v) is 3.86. The van der Waals surface area contributed by atoms with E-state index in [9.17, 15) is 4.79 Å². The van der Waals surface area contributed by atoms with E-state index in [4.69, 9.17) is 5.11 Å². The van der Waals surface area contributed by atoms with E-state index < -0.39 is 0 Å². The summed E-state index contributed by atoms with van der Waals surface area (Å²) in [4.78, 5) is 11.7. The quantitative estimate of drug-likeness (QED) is 0.787. The number of carbonyl (C=O) groups is 1. The van der Waals surface area contributed by atoms with Crippen molar-refractivity contribution in [2.24, 2.45) is 0 Å². The van der Waals surface area contributed by atoms with E-state index in [-0.39, 0.29) is 18.6 Å². The Balaban J connectivity index is 2.78. The zero-order valence-electron chi connectivity index (χ0n) is 9.37. The number of hydrogen-bond donors (Lipinski definition) is 2. The fourth-order valence-corrected chi connectivity index (χ4v) is 1.24. The number of aliphatic hydroxyl groups is 1. The Morgan fingerprint density at radius 3 is 2.60 bits per heavy atom. The van der Waals surface area contributed by atoms with Gasteiger partial charge in [0.05, 0.1) is 6.61 Å². The smallest absolute Gasteiger partial charge is 0.251 e. The maximum absolute atomic E-state index is 11.7. The highest BCUT2D eigenvalue weighted by atomic mass is 16.3. The zero-order chi connectivity index (χ0) is 11.4. The van der Waals surface area contributed by atoms with Gasteiger partial charge in [-0.25, -0.2) is 0 Å². The molecule has 0 bridgehead atoms. The van der Waals surface area contributed by atoms with E-state index in [0.29, 0.717) is 5.56 Å². The lowest BCUT2D eigenvalue weighted by Crippen LogP contribution is -2.35. The van der Waals surface area contributed by atoms with Crippen molar-refractivity contribution in [3.8, 4) is 0 Å². The molecule has 0 saturated heterocycles. The molecule has 0 radical (unpaired) electrons. The lowest BCUT2D eigenvalue weighted by molar-refractivity contribution is 0.0922. The molecule has 15 heavy (non-hydrogen) atoms. The lowest BCUT2D eigenvalue weighted by Gasteiger charge is -2.11. The largest absolute Gasteiger partial charge is 0.394 e. The molecule has 0 aromatic heterocycles. The first-order valence-electron chi connectivity index (χ1n) is 5.03. The third-order valence-electron chi connectivity index (χ3n) is 2.42. The number of aliphatic hydroxyl groups excluding tert-OH is 1. The molecule has 0 fully saturated rings. The van der Waals surface area contributed by atoms with Crippen molar-refractivity contribution in [1.82, 2.24) is 5.32 Å². The molecule has 1 rings (SSSR count). The molecule has 0 aliphatic rings. The zero-order valence-corrected chi connectivity index (χ0v) is 9.37. The van der Waals surface area contributed by atoms with Gasteiger partial charge in [0, 0.05) is 11.6 Å². The molecule has 3 heteroatoms. The van der Waals surface area contributed by atoms with Gasteiger partial charge in [-0.2, -0.15) is 0 Å². The lowest BCUT2D eigenvalue weighted by atomic mass is 10.1. The average Bonchev–Trinajstić information content (AvgIpc) is 2.21. The maximum Gasteiger partial charge on any atom is 0.251 e. The number of rotatable bonds is 3. The number of amides is 1. The molecule has 0 spiro atoms. The summed E-state index contributed by atoms with van der Waals surface area (Å²) >= 11 is 0. The van der Waals surface area contributed by atoms with Crippen molar-refractivity contribution in [1.29, 1.82) is 0 Å². The third-order valence-corrected chi connectivity index (χ3v) is 2.42. The van der Waals surface area contributed by atoms with Gasteiger partial charge in [-0.1, -0.05) is 6.07 Å². The highest BCUT2D eigenvalue weighted by Crippen LogP contribution is 2.09. The van der Waals surface area contributed by atoms with Crippen LogP contribution in [0.5, 0.6) is 0 Å². The summed E-state index contributed by atoms with van der Waals surface area (Å²) in [5.41, 5.74) is 2.90. The standard InChI is InChI=1S/C12H17NO2/c1-8-4-5-11(6-9(8)2)12(15)13-10(3)7-14/h4-6,10,14H,7H2,1-3H3,(H,13,15). The van der Waals surface area contributed by atoms with Crippen molar-refractivity contribution in [2.75, 3.05) is 6.61 Å². The second-order valence-electron chi connectivity index (χ2n) is 3.86. The molecule has 0 aliphatic heterocycles. The van der Waals surface area contributed by atoms with Gasteiger partial charge in [-0.15, -0.1) is 0 Å². The minimum atomic E-state index is -0.209. The Labute approximate surface area is 90.1 Å². The molecule has 1 aromatic rings. The minimum absolute atomic E-state index is 0.0451. The van der Waals surface area contributed by atoms with Crippen LogP contribution in [0.2, 0.25) is 0 Å². The summed E-state index contributed by atoms with van der Waals surface area (Å²) < 4.78 is 0. The molecule has 0 aliphatic carbocycles. The van der Waals surface area contributed by atoms with E-state index >= 15 is 0 Å². The van der Waals surface area contributed by atoms with E-state index in [1.165, 1.54) is 5.56 Å². The summed E-state index contributed by atoms with van der Waals surface area (Å²) in [6, 6.07) is 5.36. The van der Waals surface area contributed by atoms with Crippen LogP contribution in [0.15, 0.2) is 18.2 Å². The SMILES string of the molecule is Cc1ccc(C(=O)NC(C)CO)cc1C. The van der Waals surface area contributed by atoms with Gasteiger partial charge < -0.3 is 10.4 Å². The van der Waals surface area contributed by atoms with Crippen LogP contribution in [-0.4, -0.2) is 23.7 Å². The van der Waals surface area contributed by atoms with E-state index in [2.05, 4.69) is 5.32 Å². The van der Waals surface area contributed by atoms with Gasteiger partial charge in [0.15, 0.2) is 0 Å². The van der Waals surface area contributed by atoms with Crippen molar-refractivity contribution in [3.05, 3.63) is 34.9 Å². The Morgan fingerprint density at radius 1 is 1.40 bits per heavy atom. The van der Waals surface area contributed by atoms with Crippen molar-refractivity contribution < 1.29 is 9.90 Å². The summed E-state index contributed by atoms with van der Waals surface area (Å²) in [5.74, 6) is -0.139. The van der Waals surface area contributed by atoms with Gasteiger partial charge in [-0.3, -0.25) is 4.79 Å². The van der Waals surface area contributed by atoms with Crippen LogP contribution in [0.1, 0.15) is 28.4 Å². The molecule has 0 saturated carbocycles. The first kappa shape index (κ1) is 11.7. The van der Waals surface area contributed by atoms with Gasteiger partial charge in [0.25, 0.3) is 5.91 Å². The van der Waals surface area contributed by atoms with Crippen molar-refractivity contribution >= 4 is 5.91 Å². The molecule has 0 heterocycles.